The first kappa shape index (κ1) is 15.4. The quantitative estimate of drug-likeness (QED) is 0.843. The number of aromatic nitrogens is 2. The summed E-state index contributed by atoms with van der Waals surface area (Å²) in [6, 6.07) is 5.44. The van der Waals surface area contributed by atoms with Crippen molar-refractivity contribution in [1.29, 1.82) is 0 Å². The zero-order chi connectivity index (χ0) is 14.5. The van der Waals surface area contributed by atoms with Crippen LogP contribution in [0.2, 0.25) is 5.28 Å². The van der Waals surface area contributed by atoms with Crippen molar-refractivity contribution in [1.82, 2.24) is 9.97 Å². The summed E-state index contributed by atoms with van der Waals surface area (Å²) in [5.41, 5.74) is 1.63. The predicted molar refractivity (Wildman–Crippen MR) is 70.8 cm³/mol. The molecule has 0 saturated heterocycles. The van der Waals surface area contributed by atoms with Crippen molar-refractivity contribution in [2.75, 3.05) is 11.9 Å². The van der Waals surface area contributed by atoms with Crippen molar-refractivity contribution >= 4 is 23.1 Å². The summed E-state index contributed by atoms with van der Waals surface area (Å²) in [6.07, 6.45) is 1.03. The molecular weight excluding hydrogens is 358 g/mol. The molecule has 0 atom stereocenters. The molecule has 0 fully saturated rings. The van der Waals surface area contributed by atoms with E-state index in [1.54, 1.807) is 6.07 Å². The van der Waals surface area contributed by atoms with Gasteiger partial charge in [0.05, 0.1) is 0 Å². The standard InChI is InChI=1S/C13H10ClFN3O.Y/c1-3-19-11-5-4-9(6-8(11)2)17-12-10(15)7-16-13(14)18-12;/h4-7H,3H2,2H3,(H,16,17,18);. The van der Waals surface area contributed by atoms with Crippen molar-refractivity contribution < 1.29 is 39.4 Å². The Balaban J connectivity index is 2.20. The number of nitrogens with zero attached hydrogens (tertiary/aromatic N) is 2. The molecule has 4 nitrogen and oxygen atoms in total. The summed E-state index contributed by atoms with van der Waals surface area (Å²) in [6.45, 7) is 2.39. The van der Waals surface area contributed by atoms with E-state index in [4.69, 9.17) is 16.3 Å². The van der Waals surface area contributed by atoms with Gasteiger partial charge in [-0.3, -0.25) is 0 Å². The fourth-order valence-corrected chi connectivity index (χ4v) is 1.92. The molecule has 1 heterocycles. The number of aryl methyl sites for hydroxylation is 1. The van der Waals surface area contributed by atoms with Gasteiger partial charge in [0.1, 0.15) is 0 Å². The van der Waals surface area contributed by atoms with Gasteiger partial charge < -0.3 is 0 Å². The molecule has 0 amide bonds. The Morgan fingerprint density at radius 3 is 3.00 bits per heavy atom. The van der Waals surface area contributed by atoms with Crippen LogP contribution < -0.4 is 10.1 Å². The van der Waals surface area contributed by atoms with E-state index < -0.39 is 5.82 Å². The van der Waals surface area contributed by atoms with E-state index in [9.17, 15) is 4.39 Å². The van der Waals surface area contributed by atoms with Gasteiger partial charge in [0.25, 0.3) is 0 Å². The molecular formula is C13H10ClFN3OY. The van der Waals surface area contributed by atoms with Gasteiger partial charge in [-0.25, -0.2) is 0 Å². The third kappa shape index (κ3) is 4.00. The van der Waals surface area contributed by atoms with Crippen LogP contribution in [-0.2, 0) is 30.2 Å². The van der Waals surface area contributed by atoms with Gasteiger partial charge in [-0.2, -0.15) is 0 Å². The van der Waals surface area contributed by atoms with Crippen LogP contribution in [0, 0.1) is 15.3 Å². The molecule has 1 aromatic heterocycles. The summed E-state index contributed by atoms with van der Waals surface area (Å²) in [5.74, 6) is 0.254. The predicted octanol–water partition coefficient (Wildman–Crippen LogP) is 3.21. The molecule has 20 heavy (non-hydrogen) atoms. The fraction of sp³-hybridized carbons (Fsp3) is 0.154. The Morgan fingerprint density at radius 1 is 1.50 bits per heavy atom. The Kier molecular flexibility index (Phi) is 5.49. The van der Waals surface area contributed by atoms with Gasteiger partial charge in [-0.15, -0.1) is 0 Å². The molecule has 1 N–H and O–H groups in total. The molecule has 1 aromatic carbocycles. The second-order valence-electron chi connectivity index (χ2n) is 3.93. The van der Waals surface area contributed by atoms with Crippen LogP contribution in [0.3, 0.4) is 0 Å². The molecule has 7 heteroatoms. The van der Waals surface area contributed by atoms with E-state index in [-0.39, 0.29) is 11.1 Å². The first-order valence-corrected chi connectivity index (χ1v) is 7.52. The number of benzene rings is 1. The van der Waals surface area contributed by atoms with Crippen LogP contribution in [0.15, 0.2) is 24.4 Å². The van der Waals surface area contributed by atoms with E-state index in [0.717, 1.165) is 47.7 Å². The molecule has 0 saturated carbocycles. The van der Waals surface area contributed by atoms with E-state index in [1.807, 2.05) is 19.1 Å². The molecule has 2 aromatic rings. The SMILES string of the molecule is Cc1cc(Nc2nc(Cl)ncc2F)ccc1OC[C]#[Y]. The van der Waals surface area contributed by atoms with Gasteiger partial charge in [-0.1, -0.05) is 0 Å². The Bertz CT molecular complexity index is 675. The van der Waals surface area contributed by atoms with Crippen molar-refractivity contribution in [3.8, 4) is 8.34 Å². The first-order chi connectivity index (χ1) is 9.60. The summed E-state index contributed by atoms with van der Waals surface area (Å²) in [4.78, 5) is 7.36. The van der Waals surface area contributed by atoms with Crippen LogP contribution in [0.25, 0.3) is 0 Å². The molecule has 100 valence electrons. The van der Waals surface area contributed by atoms with Gasteiger partial charge in [0.15, 0.2) is 0 Å². The topological polar surface area (TPSA) is 47.0 Å². The van der Waals surface area contributed by atoms with Crippen molar-refractivity contribution in [2.45, 2.75) is 6.92 Å². The number of ether oxygens (including phenoxy) is 1. The van der Waals surface area contributed by atoms with E-state index in [1.165, 1.54) is 0 Å². The van der Waals surface area contributed by atoms with E-state index in [2.05, 4.69) is 17.9 Å². The summed E-state index contributed by atoms with van der Waals surface area (Å²) >= 11 is 6.58. The van der Waals surface area contributed by atoms with Gasteiger partial charge >= 0.3 is 141 Å². The third-order valence-corrected chi connectivity index (χ3v) is 3.06. The number of nitrogens with one attached hydrogen (secondary N) is 1. The second kappa shape index (κ2) is 7.14. The van der Waals surface area contributed by atoms with Gasteiger partial charge in [0, 0.05) is 0 Å². The fourth-order valence-electron chi connectivity index (χ4n) is 1.58. The van der Waals surface area contributed by atoms with Crippen molar-refractivity contribution in [3.63, 3.8) is 0 Å². The summed E-state index contributed by atoms with van der Waals surface area (Å²) in [7, 11) is 0. The minimum atomic E-state index is -0.563. The molecule has 0 aliphatic heterocycles. The molecule has 0 bridgehead atoms. The Hall–Kier alpha value is -0.996. The maximum atomic E-state index is 13.5. The third-order valence-electron chi connectivity index (χ3n) is 2.46. The molecule has 0 unspecified atom stereocenters. The first-order valence-electron chi connectivity index (χ1n) is 5.72. The summed E-state index contributed by atoms with van der Waals surface area (Å²) in [5, 5.41) is 2.85. The van der Waals surface area contributed by atoms with Crippen LogP contribution in [-0.4, -0.2) is 16.6 Å². The van der Waals surface area contributed by atoms with Crippen LogP contribution in [0.4, 0.5) is 15.9 Å². The maximum absolute atomic E-state index is 13.5. The number of hydrogen-bond donors (Lipinski definition) is 1. The Labute approximate surface area is 140 Å². The molecule has 0 radical (unpaired) electrons. The number of hydrogen-bond acceptors (Lipinski definition) is 4. The normalized spacial score (nSPS) is 10.1. The van der Waals surface area contributed by atoms with Crippen molar-refractivity contribution in [3.05, 3.63) is 41.1 Å². The van der Waals surface area contributed by atoms with E-state index >= 15 is 0 Å². The monoisotopic (exact) mass is 367 g/mol. The zero-order valence-electron chi connectivity index (χ0n) is 10.7. The Morgan fingerprint density at radius 2 is 2.30 bits per heavy atom. The van der Waals surface area contributed by atoms with E-state index in [0.29, 0.717) is 12.3 Å². The molecule has 2 rings (SSSR count). The van der Waals surface area contributed by atoms with Crippen LogP contribution >= 0.6 is 11.6 Å². The minimum absolute atomic E-state index is 0.0107. The summed E-state index contributed by atoms with van der Waals surface area (Å²) < 4.78 is 22.1. The number of rotatable bonds is 4. The second-order valence-corrected chi connectivity index (χ2v) is 5.28. The van der Waals surface area contributed by atoms with Gasteiger partial charge in [-0.05, 0) is 0 Å². The number of anilines is 2. The average molecular weight is 368 g/mol. The van der Waals surface area contributed by atoms with Crippen LogP contribution in [0.1, 0.15) is 5.56 Å². The molecule has 0 spiro atoms. The number of halogens is 2. The molecule has 0 aliphatic rings. The van der Waals surface area contributed by atoms with Gasteiger partial charge in [0.2, 0.25) is 0 Å². The zero-order valence-corrected chi connectivity index (χ0v) is 14.2. The van der Waals surface area contributed by atoms with Crippen LogP contribution in [0.5, 0.6) is 5.75 Å². The molecule has 0 aliphatic carbocycles. The average Bonchev–Trinajstić information content (AvgIpc) is 2.42. The van der Waals surface area contributed by atoms with Crippen molar-refractivity contribution in [2.24, 2.45) is 0 Å².